The van der Waals surface area contributed by atoms with Gasteiger partial charge >= 0.3 is 0 Å². The summed E-state index contributed by atoms with van der Waals surface area (Å²) in [4.78, 5) is 9.13. The van der Waals surface area contributed by atoms with Gasteiger partial charge in [-0.15, -0.1) is 0 Å². The van der Waals surface area contributed by atoms with Crippen LogP contribution in [0.25, 0.3) is 0 Å². The van der Waals surface area contributed by atoms with Crippen LogP contribution in [0.5, 0.6) is 0 Å². The Labute approximate surface area is 140 Å². The molecule has 21 heavy (non-hydrogen) atoms. The van der Waals surface area contributed by atoms with Crippen LogP contribution in [0.15, 0.2) is 39.5 Å². The van der Waals surface area contributed by atoms with Gasteiger partial charge in [-0.25, -0.2) is 0 Å². The Morgan fingerprint density at radius 2 is 2.19 bits per heavy atom. The average molecular weight is 412 g/mol. The summed E-state index contributed by atoms with van der Waals surface area (Å²) in [5.74, 6) is 6.09. The Balaban J connectivity index is 2.01. The number of nitrogens with two attached hydrogens (primary N) is 1. The van der Waals surface area contributed by atoms with E-state index in [2.05, 4.69) is 53.3 Å². The number of hydrogen-bond acceptors (Lipinski definition) is 4. The molecule has 0 bridgehead atoms. The van der Waals surface area contributed by atoms with Gasteiger partial charge in [-0.3, -0.25) is 21.2 Å². The van der Waals surface area contributed by atoms with Crippen LogP contribution >= 0.6 is 31.9 Å². The number of aromatic nitrogens is 2. The van der Waals surface area contributed by atoms with E-state index >= 15 is 0 Å². The molecular weight excluding hydrogens is 396 g/mol. The van der Waals surface area contributed by atoms with E-state index in [0.717, 1.165) is 39.6 Å². The fourth-order valence-electron chi connectivity index (χ4n) is 3.01. The zero-order valence-corrected chi connectivity index (χ0v) is 14.6. The third-order valence-electron chi connectivity index (χ3n) is 3.95. The van der Waals surface area contributed by atoms with Crippen molar-refractivity contribution in [2.24, 2.45) is 5.84 Å². The maximum absolute atomic E-state index is 5.85. The number of rotatable bonds is 3. The Hall–Kier alpha value is -0.820. The predicted molar refractivity (Wildman–Crippen MR) is 89.6 cm³/mol. The Bertz CT molecular complexity index is 647. The molecular formula is C15H16Br2N4. The van der Waals surface area contributed by atoms with Gasteiger partial charge in [0.05, 0.1) is 11.7 Å². The molecule has 1 aliphatic carbocycles. The highest BCUT2D eigenvalue weighted by Gasteiger charge is 2.31. The molecule has 0 spiro atoms. The van der Waals surface area contributed by atoms with E-state index in [4.69, 9.17) is 5.84 Å². The lowest BCUT2D eigenvalue weighted by atomic mass is 9.81. The first kappa shape index (κ1) is 15.1. The van der Waals surface area contributed by atoms with Gasteiger partial charge in [0.2, 0.25) is 0 Å². The van der Waals surface area contributed by atoms with E-state index in [0.29, 0.717) is 0 Å². The smallest absolute Gasteiger partial charge is 0.0736 e. The second-order valence-corrected chi connectivity index (χ2v) is 6.98. The molecule has 2 unspecified atom stereocenters. The molecule has 1 aliphatic rings. The monoisotopic (exact) mass is 410 g/mol. The van der Waals surface area contributed by atoms with Gasteiger partial charge in [0.15, 0.2) is 0 Å². The van der Waals surface area contributed by atoms with E-state index in [9.17, 15) is 0 Å². The molecule has 2 aromatic heterocycles. The standard InChI is InChI=1S/C15H16Br2N4/c16-10-7-12(17)15(20-8-10)14(21-18)11-5-1-3-9-4-2-6-19-13(9)11/h2,4,6-8,11,14,21H,1,3,5,18H2. The number of hydrogen-bond donors (Lipinski definition) is 2. The summed E-state index contributed by atoms with van der Waals surface area (Å²) in [5.41, 5.74) is 6.33. The van der Waals surface area contributed by atoms with Gasteiger partial charge in [0.25, 0.3) is 0 Å². The zero-order valence-electron chi connectivity index (χ0n) is 11.4. The number of fused-ring (bicyclic) bond motifs is 1. The van der Waals surface area contributed by atoms with Gasteiger partial charge in [-0.2, -0.15) is 0 Å². The molecule has 6 heteroatoms. The molecule has 3 N–H and O–H groups in total. The van der Waals surface area contributed by atoms with Crippen LogP contribution < -0.4 is 11.3 Å². The van der Waals surface area contributed by atoms with Gasteiger partial charge in [-0.05, 0) is 68.8 Å². The molecule has 0 aromatic carbocycles. The largest absolute Gasteiger partial charge is 0.271 e. The summed E-state index contributed by atoms with van der Waals surface area (Å²) < 4.78 is 1.89. The lowest BCUT2D eigenvalue weighted by molar-refractivity contribution is 0.392. The molecule has 3 rings (SSSR count). The fraction of sp³-hybridized carbons (Fsp3) is 0.333. The summed E-state index contributed by atoms with van der Waals surface area (Å²) in [6, 6.07) is 6.10. The summed E-state index contributed by atoms with van der Waals surface area (Å²) in [7, 11) is 0. The average Bonchev–Trinajstić information content (AvgIpc) is 2.50. The van der Waals surface area contributed by atoms with Gasteiger partial charge < -0.3 is 0 Å². The third kappa shape index (κ3) is 3.04. The normalized spacial score (nSPS) is 19.1. The van der Waals surface area contributed by atoms with E-state index in [1.165, 1.54) is 5.56 Å². The number of pyridine rings is 2. The SMILES string of the molecule is NNC(c1ncc(Br)cc1Br)C1CCCc2cccnc21. The Morgan fingerprint density at radius 3 is 2.95 bits per heavy atom. The van der Waals surface area contributed by atoms with Gasteiger partial charge in [0, 0.05) is 33.0 Å². The first-order chi connectivity index (χ1) is 10.2. The molecule has 2 atom stereocenters. The highest BCUT2D eigenvalue weighted by atomic mass is 79.9. The topological polar surface area (TPSA) is 63.8 Å². The maximum atomic E-state index is 5.85. The summed E-state index contributed by atoms with van der Waals surface area (Å²) in [5, 5.41) is 0. The summed E-state index contributed by atoms with van der Waals surface area (Å²) in [6.07, 6.45) is 6.95. The van der Waals surface area contributed by atoms with Crippen molar-refractivity contribution in [2.45, 2.75) is 31.2 Å². The van der Waals surface area contributed by atoms with Crippen molar-refractivity contribution in [3.63, 3.8) is 0 Å². The molecule has 0 aliphatic heterocycles. The van der Waals surface area contributed by atoms with E-state index in [1.54, 1.807) is 6.20 Å². The molecule has 0 fully saturated rings. The van der Waals surface area contributed by atoms with E-state index in [-0.39, 0.29) is 12.0 Å². The van der Waals surface area contributed by atoms with Crippen molar-refractivity contribution in [1.82, 2.24) is 15.4 Å². The van der Waals surface area contributed by atoms with Crippen molar-refractivity contribution >= 4 is 31.9 Å². The summed E-state index contributed by atoms with van der Waals surface area (Å²) >= 11 is 7.02. The van der Waals surface area contributed by atoms with Crippen molar-refractivity contribution in [2.75, 3.05) is 0 Å². The fourth-order valence-corrected chi connectivity index (χ4v) is 4.24. The van der Waals surface area contributed by atoms with E-state index < -0.39 is 0 Å². The Kier molecular flexibility index (Phi) is 4.69. The highest BCUT2D eigenvalue weighted by molar-refractivity contribution is 9.11. The third-order valence-corrected chi connectivity index (χ3v) is 5.02. The molecule has 0 saturated carbocycles. The van der Waals surface area contributed by atoms with Crippen LogP contribution in [0.4, 0.5) is 0 Å². The molecule has 2 heterocycles. The quantitative estimate of drug-likeness (QED) is 0.597. The zero-order chi connectivity index (χ0) is 14.8. The van der Waals surface area contributed by atoms with Crippen molar-refractivity contribution in [1.29, 1.82) is 0 Å². The highest BCUT2D eigenvalue weighted by Crippen LogP contribution is 2.40. The summed E-state index contributed by atoms with van der Waals surface area (Å²) in [6.45, 7) is 0. The number of hydrazine groups is 1. The lowest BCUT2D eigenvalue weighted by Gasteiger charge is -2.31. The molecule has 110 valence electrons. The number of halogens is 2. The number of nitrogens with one attached hydrogen (secondary N) is 1. The minimum atomic E-state index is -0.0542. The second kappa shape index (κ2) is 6.52. The molecule has 2 aromatic rings. The van der Waals surface area contributed by atoms with Crippen LogP contribution in [-0.2, 0) is 6.42 Å². The van der Waals surface area contributed by atoms with Crippen molar-refractivity contribution < 1.29 is 0 Å². The van der Waals surface area contributed by atoms with Gasteiger partial charge in [-0.1, -0.05) is 6.07 Å². The first-order valence-corrected chi connectivity index (χ1v) is 8.50. The minimum Gasteiger partial charge on any atom is -0.271 e. The Morgan fingerprint density at radius 1 is 1.33 bits per heavy atom. The van der Waals surface area contributed by atoms with Crippen LogP contribution in [-0.4, -0.2) is 9.97 Å². The first-order valence-electron chi connectivity index (χ1n) is 6.91. The molecule has 4 nitrogen and oxygen atoms in total. The lowest BCUT2D eigenvalue weighted by Crippen LogP contribution is -2.35. The van der Waals surface area contributed by atoms with Crippen LogP contribution in [0.1, 0.15) is 41.8 Å². The van der Waals surface area contributed by atoms with Crippen LogP contribution in [0.2, 0.25) is 0 Å². The van der Waals surface area contributed by atoms with E-state index in [1.807, 2.05) is 18.3 Å². The van der Waals surface area contributed by atoms with Crippen molar-refractivity contribution in [3.05, 3.63) is 56.5 Å². The predicted octanol–water partition coefficient (Wildman–Crippen LogP) is 3.63. The van der Waals surface area contributed by atoms with Crippen LogP contribution in [0.3, 0.4) is 0 Å². The van der Waals surface area contributed by atoms with Gasteiger partial charge in [0.1, 0.15) is 0 Å². The molecule has 0 saturated heterocycles. The number of aryl methyl sites for hydroxylation is 1. The maximum Gasteiger partial charge on any atom is 0.0736 e. The van der Waals surface area contributed by atoms with Crippen LogP contribution in [0, 0.1) is 0 Å². The number of nitrogens with zero attached hydrogens (tertiary/aromatic N) is 2. The molecule has 0 amide bonds. The molecule has 0 radical (unpaired) electrons. The van der Waals surface area contributed by atoms with Crippen molar-refractivity contribution in [3.8, 4) is 0 Å². The minimum absolute atomic E-state index is 0.0542. The second-order valence-electron chi connectivity index (χ2n) is 5.21.